The van der Waals surface area contributed by atoms with E-state index in [2.05, 4.69) is 18.7 Å². The number of rotatable bonds is 33. The number of unbranched alkanes of at least 4 members (excludes halogenated alkanes) is 29. The number of carbonyl (C=O) groups is 1. The Morgan fingerprint density at radius 1 is 0.400 bits per heavy atom. The van der Waals surface area contributed by atoms with Crippen molar-refractivity contribution < 1.29 is 20.0 Å². The first-order valence-electron chi connectivity index (χ1n) is 18.2. The summed E-state index contributed by atoms with van der Waals surface area (Å²) in [6.07, 6.45) is 42.2. The lowest BCUT2D eigenvalue weighted by Crippen LogP contribution is -1.93. The maximum atomic E-state index is 10.3. The summed E-state index contributed by atoms with van der Waals surface area (Å²) in [5.74, 6) is -0.653. The van der Waals surface area contributed by atoms with Crippen LogP contribution in [0.5, 0.6) is 0 Å². The second-order valence-electron chi connectivity index (χ2n) is 12.2. The van der Waals surface area contributed by atoms with Gasteiger partial charge in [0.05, 0.1) is 6.61 Å². The van der Waals surface area contributed by atoms with Crippen LogP contribution in [0, 0.1) is 0 Å². The Morgan fingerprint density at radius 3 is 0.850 bits per heavy atom. The van der Waals surface area contributed by atoms with Crippen molar-refractivity contribution in [1.82, 2.24) is 0 Å². The minimum absolute atomic E-state index is 0.345. The van der Waals surface area contributed by atoms with Gasteiger partial charge in [-0.2, -0.15) is 0 Å². The van der Waals surface area contributed by atoms with E-state index in [1.165, 1.54) is 180 Å². The van der Waals surface area contributed by atoms with E-state index >= 15 is 0 Å². The fourth-order valence-electron chi connectivity index (χ4n) is 5.36. The van der Waals surface area contributed by atoms with Crippen molar-refractivity contribution >= 4 is 5.97 Å². The van der Waals surface area contributed by atoms with Crippen molar-refractivity contribution in [2.75, 3.05) is 6.61 Å². The van der Waals surface area contributed by atoms with E-state index in [1.807, 2.05) is 0 Å². The van der Waals surface area contributed by atoms with Crippen LogP contribution < -0.4 is 0 Å². The Balaban J connectivity index is 0. The third-order valence-electron chi connectivity index (χ3n) is 8.08. The molecule has 0 rings (SSSR count). The lowest BCUT2D eigenvalue weighted by atomic mass is 10.0. The van der Waals surface area contributed by atoms with Gasteiger partial charge < -0.3 is 5.11 Å². The third kappa shape index (κ3) is 44.4. The van der Waals surface area contributed by atoms with Crippen LogP contribution in [0.25, 0.3) is 0 Å². The normalized spacial score (nSPS) is 11.0. The molecular weight excluding hydrogens is 496 g/mol. The zero-order valence-corrected chi connectivity index (χ0v) is 27.5. The first-order valence-corrected chi connectivity index (χ1v) is 18.2. The molecule has 0 unspecified atom stereocenters. The molecule has 242 valence electrons. The van der Waals surface area contributed by atoms with Crippen LogP contribution in [-0.4, -0.2) is 22.9 Å². The highest BCUT2D eigenvalue weighted by Gasteiger charge is 1.97. The Labute approximate surface area is 251 Å². The molecule has 0 bridgehead atoms. The van der Waals surface area contributed by atoms with E-state index in [0.29, 0.717) is 13.0 Å². The molecule has 0 fully saturated rings. The smallest absolute Gasteiger partial charge is 0.303 e. The molecule has 0 heterocycles. The zero-order valence-electron chi connectivity index (χ0n) is 27.5. The van der Waals surface area contributed by atoms with Crippen LogP contribution in [0.15, 0.2) is 0 Å². The summed E-state index contributed by atoms with van der Waals surface area (Å²) in [6.45, 7) is 5.05. The standard InChI is InChI=1S/C18H38O2.C18H36O2/c1-2-3-4-5-6-7-8-9-10-11-12-13-14-15-16-17-18-20-19;1-2-3-4-5-6-7-8-9-10-11-12-13-14-15-16-17-18(19)20/h19H,2-18H2,1H3;2-17H2,1H3,(H,19,20). The summed E-state index contributed by atoms with van der Waals surface area (Å²) < 4.78 is 0. The second-order valence-corrected chi connectivity index (χ2v) is 12.2. The van der Waals surface area contributed by atoms with Crippen molar-refractivity contribution in [3.8, 4) is 0 Å². The molecular formula is C36H74O4. The molecule has 0 aliphatic heterocycles. The molecule has 0 spiro atoms. The highest BCUT2D eigenvalue weighted by molar-refractivity contribution is 5.66. The van der Waals surface area contributed by atoms with E-state index in [-0.39, 0.29) is 0 Å². The molecule has 0 aromatic rings. The number of hydrogen-bond acceptors (Lipinski definition) is 3. The molecule has 0 aliphatic carbocycles. The molecule has 2 N–H and O–H groups in total. The predicted molar refractivity (Wildman–Crippen MR) is 175 cm³/mol. The molecule has 4 nitrogen and oxygen atoms in total. The van der Waals surface area contributed by atoms with Crippen molar-refractivity contribution in [2.45, 2.75) is 219 Å². The fraction of sp³-hybridized carbons (Fsp3) is 0.972. The van der Waals surface area contributed by atoms with Gasteiger partial charge in [-0.25, -0.2) is 4.89 Å². The van der Waals surface area contributed by atoms with Crippen LogP contribution >= 0.6 is 0 Å². The van der Waals surface area contributed by atoms with Crippen LogP contribution in [0.2, 0.25) is 0 Å². The summed E-state index contributed by atoms with van der Waals surface area (Å²) in [5, 5.41) is 16.7. The van der Waals surface area contributed by atoms with Gasteiger partial charge >= 0.3 is 5.97 Å². The first kappa shape index (κ1) is 41.5. The molecule has 4 heteroatoms. The van der Waals surface area contributed by atoms with Crippen LogP contribution in [0.4, 0.5) is 0 Å². The van der Waals surface area contributed by atoms with Crippen molar-refractivity contribution in [2.24, 2.45) is 0 Å². The van der Waals surface area contributed by atoms with E-state index in [1.54, 1.807) is 0 Å². The summed E-state index contributed by atoms with van der Waals surface area (Å²) in [6, 6.07) is 0. The monoisotopic (exact) mass is 571 g/mol. The maximum Gasteiger partial charge on any atom is 0.303 e. The molecule has 0 amide bonds. The van der Waals surface area contributed by atoms with Crippen molar-refractivity contribution in [3.63, 3.8) is 0 Å². The summed E-state index contributed by atoms with van der Waals surface area (Å²) in [5.41, 5.74) is 0. The van der Waals surface area contributed by atoms with Gasteiger partial charge in [0.25, 0.3) is 0 Å². The van der Waals surface area contributed by atoms with E-state index < -0.39 is 5.97 Å². The Hall–Kier alpha value is -0.610. The number of hydrogen-bond donors (Lipinski definition) is 2. The summed E-state index contributed by atoms with van der Waals surface area (Å²) in [7, 11) is 0. The van der Waals surface area contributed by atoms with Crippen molar-refractivity contribution in [1.29, 1.82) is 0 Å². The predicted octanol–water partition coefficient (Wildman–Crippen LogP) is 13.1. The van der Waals surface area contributed by atoms with Crippen molar-refractivity contribution in [3.05, 3.63) is 0 Å². The van der Waals surface area contributed by atoms with Gasteiger partial charge in [-0.05, 0) is 12.8 Å². The zero-order chi connectivity index (χ0) is 29.6. The van der Waals surface area contributed by atoms with Gasteiger partial charge in [0, 0.05) is 6.42 Å². The largest absolute Gasteiger partial charge is 0.481 e. The van der Waals surface area contributed by atoms with Gasteiger partial charge in [0.15, 0.2) is 0 Å². The molecule has 0 aliphatic rings. The van der Waals surface area contributed by atoms with Crippen LogP contribution in [0.1, 0.15) is 219 Å². The van der Waals surface area contributed by atoms with Gasteiger partial charge in [-0.1, -0.05) is 200 Å². The summed E-state index contributed by atoms with van der Waals surface area (Å²) in [4.78, 5) is 14.4. The molecule has 0 saturated carbocycles. The highest BCUT2D eigenvalue weighted by atomic mass is 17.1. The molecule has 0 aromatic carbocycles. The highest BCUT2D eigenvalue weighted by Crippen LogP contribution is 2.15. The lowest BCUT2D eigenvalue weighted by molar-refractivity contribution is -0.242. The molecule has 40 heavy (non-hydrogen) atoms. The van der Waals surface area contributed by atoms with Crippen LogP contribution in [0.3, 0.4) is 0 Å². The molecule has 0 atom stereocenters. The number of carboxylic acids is 1. The molecule has 0 radical (unpaired) electrons. The number of carboxylic acid groups (broad SMARTS) is 1. The molecule has 0 aromatic heterocycles. The maximum absolute atomic E-state index is 10.3. The van der Waals surface area contributed by atoms with Gasteiger partial charge in [0.2, 0.25) is 0 Å². The fourth-order valence-corrected chi connectivity index (χ4v) is 5.36. The topological polar surface area (TPSA) is 66.8 Å². The minimum atomic E-state index is -0.653. The quantitative estimate of drug-likeness (QED) is 0.0468. The average molecular weight is 571 g/mol. The lowest BCUT2D eigenvalue weighted by Gasteiger charge is -2.03. The second kappa shape index (κ2) is 40.5. The van der Waals surface area contributed by atoms with E-state index in [9.17, 15) is 4.79 Å². The van der Waals surface area contributed by atoms with E-state index in [0.717, 1.165) is 19.3 Å². The van der Waals surface area contributed by atoms with Gasteiger partial charge in [0.1, 0.15) is 0 Å². The number of aliphatic carboxylic acids is 1. The van der Waals surface area contributed by atoms with E-state index in [4.69, 9.17) is 10.4 Å². The SMILES string of the molecule is CCCCCCCCCCCCCCCCCC(=O)O.CCCCCCCCCCCCCCCCCCOO. The first-order chi connectivity index (χ1) is 19.7. The molecule has 0 saturated heterocycles. The van der Waals surface area contributed by atoms with Gasteiger partial charge in [-0.3, -0.25) is 10.1 Å². The van der Waals surface area contributed by atoms with Gasteiger partial charge in [-0.15, -0.1) is 0 Å². The van der Waals surface area contributed by atoms with Crippen LogP contribution in [-0.2, 0) is 9.68 Å². The average Bonchev–Trinajstić information content (AvgIpc) is 2.95. The summed E-state index contributed by atoms with van der Waals surface area (Å²) >= 11 is 0. The third-order valence-corrected chi connectivity index (χ3v) is 8.08. The Bertz CT molecular complexity index is 423. The Kier molecular flexibility index (Phi) is 42.1. The Morgan fingerprint density at radius 2 is 0.625 bits per heavy atom. The minimum Gasteiger partial charge on any atom is -0.481 e.